The average Bonchev–Trinajstić information content (AvgIpc) is 3.20. The van der Waals surface area contributed by atoms with Gasteiger partial charge in [-0.15, -0.1) is 0 Å². The van der Waals surface area contributed by atoms with E-state index in [1.54, 1.807) is 6.33 Å². The Bertz CT molecular complexity index is 1080. The molecule has 1 N–H and O–H groups in total. The molecule has 134 valence electrons. The largest absolute Gasteiger partial charge is 0.345 e. The molecule has 1 aromatic heterocycles. The van der Waals surface area contributed by atoms with Crippen LogP contribution in [0.5, 0.6) is 0 Å². The van der Waals surface area contributed by atoms with Crippen molar-refractivity contribution in [2.45, 2.75) is 37.6 Å². The Morgan fingerprint density at radius 3 is 3.04 bits per heavy atom. The van der Waals surface area contributed by atoms with Gasteiger partial charge in [0.2, 0.25) is 0 Å². The molecule has 1 saturated heterocycles. The van der Waals surface area contributed by atoms with E-state index in [9.17, 15) is 10.1 Å². The number of carbonyl (C=O) groups excluding carboxylic acids is 1. The molecule has 3 aromatic rings. The van der Waals surface area contributed by atoms with Gasteiger partial charge < -0.3 is 9.88 Å². The topological polar surface area (TPSA) is 72.8 Å². The number of piperidine rings is 1. The number of hydrogen-bond acceptors (Lipinski definition) is 3. The first-order valence-electron chi connectivity index (χ1n) is 9.51. The van der Waals surface area contributed by atoms with Crippen LogP contribution in [0.25, 0.3) is 11.0 Å². The minimum absolute atomic E-state index is 0.0921. The SMILES string of the molecule is N#Cc1ccc2c(c1)[C@@H]1CCCN(C(=O)c3ccc4[nH]cnc4c3)[C@H]1CC2. The average molecular weight is 356 g/mol. The smallest absolute Gasteiger partial charge is 0.254 e. The van der Waals surface area contributed by atoms with Crippen LogP contribution in [0.15, 0.2) is 42.7 Å². The van der Waals surface area contributed by atoms with Gasteiger partial charge in [0.1, 0.15) is 0 Å². The highest BCUT2D eigenvalue weighted by Gasteiger charge is 2.38. The van der Waals surface area contributed by atoms with Gasteiger partial charge >= 0.3 is 0 Å². The fourth-order valence-electron chi connectivity index (χ4n) is 4.80. The lowest BCUT2D eigenvalue weighted by molar-refractivity contribution is 0.0547. The summed E-state index contributed by atoms with van der Waals surface area (Å²) < 4.78 is 0. The molecule has 1 amide bonds. The summed E-state index contributed by atoms with van der Waals surface area (Å²) >= 11 is 0. The van der Waals surface area contributed by atoms with E-state index in [0.29, 0.717) is 17.0 Å². The Morgan fingerprint density at radius 2 is 2.15 bits per heavy atom. The first-order valence-corrected chi connectivity index (χ1v) is 9.51. The highest BCUT2D eigenvalue weighted by atomic mass is 16.2. The van der Waals surface area contributed by atoms with Gasteiger partial charge in [-0.3, -0.25) is 4.79 Å². The molecule has 2 aromatic carbocycles. The van der Waals surface area contributed by atoms with Crippen LogP contribution in [-0.2, 0) is 6.42 Å². The molecule has 5 heteroatoms. The van der Waals surface area contributed by atoms with Gasteiger partial charge in [-0.2, -0.15) is 5.26 Å². The minimum Gasteiger partial charge on any atom is -0.345 e. The zero-order chi connectivity index (χ0) is 18.4. The molecule has 27 heavy (non-hydrogen) atoms. The number of carbonyl (C=O) groups is 1. The molecule has 2 aliphatic rings. The van der Waals surface area contributed by atoms with E-state index in [4.69, 9.17) is 0 Å². The number of nitrogens with zero attached hydrogens (tertiary/aromatic N) is 3. The molecule has 5 nitrogen and oxygen atoms in total. The summed E-state index contributed by atoms with van der Waals surface area (Å²) in [4.78, 5) is 22.7. The fraction of sp³-hybridized carbons (Fsp3) is 0.318. The number of likely N-dealkylation sites (tertiary alicyclic amines) is 1. The van der Waals surface area contributed by atoms with Gasteiger partial charge in [-0.25, -0.2) is 4.98 Å². The number of aromatic nitrogens is 2. The van der Waals surface area contributed by atoms with Crippen molar-refractivity contribution in [2.75, 3.05) is 6.54 Å². The molecule has 0 saturated carbocycles. The van der Waals surface area contributed by atoms with Crippen LogP contribution >= 0.6 is 0 Å². The maximum absolute atomic E-state index is 13.3. The molecule has 2 atom stereocenters. The number of aromatic amines is 1. The Kier molecular flexibility index (Phi) is 3.71. The van der Waals surface area contributed by atoms with Crippen LogP contribution in [0.3, 0.4) is 0 Å². The third-order valence-electron chi connectivity index (χ3n) is 6.09. The predicted molar refractivity (Wildman–Crippen MR) is 102 cm³/mol. The molecule has 1 aliphatic carbocycles. The van der Waals surface area contributed by atoms with Gasteiger partial charge in [-0.1, -0.05) is 6.07 Å². The monoisotopic (exact) mass is 356 g/mol. The molecule has 1 aliphatic heterocycles. The van der Waals surface area contributed by atoms with Crippen LogP contribution in [0.2, 0.25) is 0 Å². The van der Waals surface area contributed by atoms with Gasteiger partial charge in [0, 0.05) is 24.1 Å². The van der Waals surface area contributed by atoms with Crippen molar-refractivity contribution in [2.24, 2.45) is 0 Å². The van der Waals surface area contributed by atoms with Crippen LogP contribution in [0, 0.1) is 11.3 Å². The zero-order valence-corrected chi connectivity index (χ0v) is 15.0. The number of nitrogens with one attached hydrogen (secondary N) is 1. The van der Waals surface area contributed by atoms with E-state index in [-0.39, 0.29) is 11.9 Å². The first-order chi connectivity index (χ1) is 13.2. The second-order valence-corrected chi connectivity index (χ2v) is 7.51. The molecule has 0 radical (unpaired) electrons. The molecule has 5 rings (SSSR count). The van der Waals surface area contributed by atoms with Crippen molar-refractivity contribution in [1.29, 1.82) is 5.26 Å². The van der Waals surface area contributed by atoms with E-state index >= 15 is 0 Å². The van der Waals surface area contributed by atoms with Crippen LogP contribution in [-0.4, -0.2) is 33.4 Å². The maximum Gasteiger partial charge on any atom is 0.254 e. The second-order valence-electron chi connectivity index (χ2n) is 7.51. The van der Waals surface area contributed by atoms with Crippen molar-refractivity contribution in [3.63, 3.8) is 0 Å². The molecular formula is C22H20N4O. The van der Waals surface area contributed by atoms with E-state index in [1.807, 2.05) is 30.3 Å². The Labute approximate surface area is 157 Å². The number of amides is 1. The summed E-state index contributed by atoms with van der Waals surface area (Å²) in [5.74, 6) is 0.420. The lowest BCUT2D eigenvalue weighted by atomic mass is 9.73. The number of H-pyrrole nitrogens is 1. The zero-order valence-electron chi connectivity index (χ0n) is 15.0. The number of imidazole rings is 1. The quantitative estimate of drug-likeness (QED) is 0.721. The molecule has 0 unspecified atom stereocenters. The number of fused-ring (bicyclic) bond motifs is 4. The maximum atomic E-state index is 13.3. The van der Waals surface area contributed by atoms with Crippen LogP contribution in [0.1, 0.15) is 52.2 Å². The number of rotatable bonds is 1. The van der Waals surface area contributed by atoms with Crippen molar-refractivity contribution >= 4 is 16.9 Å². The van der Waals surface area contributed by atoms with E-state index in [1.165, 1.54) is 11.1 Å². The molecular weight excluding hydrogens is 336 g/mol. The van der Waals surface area contributed by atoms with Crippen molar-refractivity contribution in [3.8, 4) is 6.07 Å². The Hall–Kier alpha value is -3.13. The summed E-state index contributed by atoms with van der Waals surface area (Å²) in [7, 11) is 0. The summed E-state index contributed by atoms with van der Waals surface area (Å²) in [6.07, 6.45) is 5.67. The molecule has 0 spiro atoms. The highest BCUT2D eigenvalue weighted by Crippen LogP contribution is 2.41. The Morgan fingerprint density at radius 1 is 1.22 bits per heavy atom. The Balaban J connectivity index is 1.49. The summed E-state index contributed by atoms with van der Waals surface area (Å²) in [5.41, 5.74) is 5.78. The van der Waals surface area contributed by atoms with Crippen LogP contribution < -0.4 is 0 Å². The number of aryl methyl sites for hydroxylation is 1. The number of benzene rings is 2. The predicted octanol–water partition coefficient (Wildman–Crippen LogP) is 3.77. The van der Waals surface area contributed by atoms with E-state index in [0.717, 1.165) is 43.3 Å². The first kappa shape index (κ1) is 16.1. The minimum atomic E-state index is 0.0921. The second kappa shape index (κ2) is 6.24. The van der Waals surface area contributed by atoms with Gasteiger partial charge in [0.15, 0.2) is 0 Å². The fourth-order valence-corrected chi connectivity index (χ4v) is 4.80. The van der Waals surface area contributed by atoms with Crippen molar-refractivity contribution in [1.82, 2.24) is 14.9 Å². The lowest BCUT2D eigenvalue weighted by Crippen LogP contribution is -2.49. The summed E-state index contributed by atoms with van der Waals surface area (Å²) in [5, 5.41) is 9.27. The van der Waals surface area contributed by atoms with Crippen molar-refractivity contribution in [3.05, 3.63) is 65.0 Å². The molecule has 1 fully saturated rings. The third-order valence-corrected chi connectivity index (χ3v) is 6.09. The van der Waals surface area contributed by atoms with Gasteiger partial charge in [-0.05, 0) is 67.1 Å². The van der Waals surface area contributed by atoms with Gasteiger partial charge in [0.05, 0.1) is 29.0 Å². The van der Waals surface area contributed by atoms with Crippen molar-refractivity contribution < 1.29 is 4.79 Å². The highest BCUT2D eigenvalue weighted by molar-refractivity contribution is 5.97. The lowest BCUT2D eigenvalue weighted by Gasteiger charge is -2.45. The standard InChI is InChI=1S/C22H20N4O/c23-12-14-3-4-15-6-8-21-17(18(15)10-14)2-1-9-26(21)22(27)16-5-7-19-20(11-16)25-13-24-19/h3-5,7,10-11,13,17,21H,1-2,6,8-9H2,(H,24,25)/t17-,21-/m0/s1. The van der Waals surface area contributed by atoms with Crippen LogP contribution in [0.4, 0.5) is 0 Å². The normalized spacial score (nSPS) is 21.4. The number of nitriles is 1. The molecule has 2 heterocycles. The third kappa shape index (κ3) is 2.60. The van der Waals surface area contributed by atoms with E-state index in [2.05, 4.69) is 27.0 Å². The van der Waals surface area contributed by atoms with E-state index < -0.39 is 0 Å². The molecule has 0 bridgehead atoms. The summed E-state index contributed by atoms with van der Waals surface area (Å²) in [6, 6.07) is 14.2. The summed E-state index contributed by atoms with van der Waals surface area (Å²) in [6.45, 7) is 0.797. The van der Waals surface area contributed by atoms with Gasteiger partial charge in [0.25, 0.3) is 5.91 Å². The number of hydrogen-bond donors (Lipinski definition) is 1.